The Morgan fingerprint density at radius 2 is 1.82 bits per heavy atom. The molecule has 2 aromatic rings. The van der Waals surface area contributed by atoms with Crippen LogP contribution in [0.25, 0.3) is 0 Å². The number of benzene rings is 2. The van der Waals surface area contributed by atoms with E-state index in [1.165, 1.54) is 30.3 Å². The van der Waals surface area contributed by atoms with Crippen molar-refractivity contribution in [3.8, 4) is 0 Å². The van der Waals surface area contributed by atoms with Gasteiger partial charge in [-0.25, -0.2) is 24.6 Å². The van der Waals surface area contributed by atoms with E-state index in [-0.39, 0.29) is 29.6 Å². The van der Waals surface area contributed by atoms with Crippen LogP contribution in [-0.4, -0.2) is 24.1 Å². The standard InChI is InChI=1S/C20H21F2N5O/c21-14-6-4-12(5-7-14)17-11-18(27-26-17)24-20(23-16-8-9-16)25-19(28)13-2-1-3-15(22)10-13/h1-7,10,16-18,26-27H,8-9,11H2,(H2,23,24,25,28). The molecule has 1 saturated heterocycles. The summed E-state index contributed by atoms with van der Waals surface area (Å²) >= 11 is 0. The summed E-state index contributed by atoms with van der Waals surface area (Å²) in [4.78, 5) is 17.0. The van der Waals surface area contributed by atoms with Crippen molar-refractivity contribution in [1.82, 2.24) is 21.5 Å². The minimum absolute atomic E-state index is 0.0181. The largest absolute Gasteiger partial charge is 0.353 e. The van der Waals surface area contributed by atoms with Crippen molar-refractivity contribution in [1.29, 1.82) is 0 Å². The molecular formula is C20H21F2N5O. The van der Waals surface area contributed by atoms with Gasteiger partial charge in [-0.1, -0.05) is 18.2 Å². The van der Waals surface area contributed by atoms with Gasteiger partial charge in [0, 0.05) is 24.1 Å². The van der Waals surface area contributed by atoms with E-state index in [0.29, 0.717) is 12.4 Å². The Labute approximate surface area is 161 Å². The number of hydrazine groups is 1. The zero-order valence-electron chi connectivity index (χ0n) is 15.1. The van der Waals surface area contributed by atoms with Crippen LogP contribution in [0, 0.1) is 11.6 Å². The first-order chi connectivity index (χ1) is 13.6. The molecule has 2 aliphatic rings. The summed E-state index contributed by atoms with van der Waals surface area (Å²) in [7, 11) is 0. The number of aliphatic imine (C=N–C) groups is 1. The quantitative estimate of drug-likeness (QED) is 0.481. The summed E-state index contributed by atoms with van der Waals surface area (Å²) in [6.07, 6.45) is 2.40. The molecule has 1 amide bonds. The van der Waals surface area contributed by atoms with Crippen LogP contribution in [0.1, 0.15) is 41.2 Å². The lowest BCUT2D eigenvalue weighted by molar-refractivity contribution is 0.0975. The molecule has 1 aliphatic heterocycles. The van der Waals surface area contributed by atoms with Crippen LogP contribution in [0.15, 0.2) is 53.5 Å². The van der Waals surface area contributed by atoms with Crippen molar-refractivity contribution >= 4 is 11.9 Å². The van der Waals surface area contributed by atoms with E-state index >= 15 is 0 Å². The summed E-state index contributed by atoms with van der Waals surface area (Å²) in [6.45, 7) is 0. The van der Waals surface area contributed by atoms with Crippen LogP contribution in [-0.2, 0) is 0 Å². The van der Waals surface area contributed by atoms with Crippen LogP contribution < -0.4 is 21.5 Å². The number of amides is 1. The Kier molecular flexibility index (Phi) is 5.31. The smallest absolute Gasteiger partial charge is 0.258 e. The first-order valence-electron chi connectivity index (χ1n) is 9.24. The molecular weight excluding hydrogens is 364 g/mol. The highest BCUT2D eigenvalue weighted by Gasteiger charge is 2.27. The monoisotopic (exact) mass is 385 g/mol. The van der Waals surface area contributed by atoms with E-state index < -0.39 is 11.7 Å². The van der Waals surface area contributed by atoms with E-state index in [0.717, 1.165) is 18.4 Å². The van der Waals surface area contributed by atoms with Crippen LogP contribution in [0.5, 0.6) is 0 Å². The zero-order chi connectivity index (χ0) is 19.5. The Balaban J connectivity index is 1.44. The molecule has 8 heteroatoms. The molecule has 2 atom stereocenters. The number of halogens is 2. The molecule has 28 heavy (non-hydrogen) atoms. The number of rotatable bonds is 4. The highest BCUT2D eigenvalue weighted by atomic mass is 19.1. The van der Waals surface area contributed by atoms with E-state index in [9.17, 15) is 13.6 Å². The molecule has 0 spiro atoms. The third-order valence-corrected chi connectivity index (χ3v) is 4.68. The second-order valence-corrected chi connectivity index (χ2v) is 7.01. The maximum atomic E-state index is 13.4. The summed E-state index contributed by atoms with van der Waals surface area (Å²) in [5, 5.41) is 5.94. The van der Waals surface area contributed by atoms with Crippen LogP contribution in [0.2, 0.25) is 0 Å². The number of carbonyl (C=O) groups excluding carboxylic acids is 1. The fraction of sp³-hybridized carbons (Fsp3) is 0.300. The highest BCUT2D eigenvalue weighted by Crippen LogP contribution is 2.23. The second kappa shape index (κ2) is 8.04. The average molecular weight is 385 g/mol. The van der Waals surface area contributed by atoms with E-state index in [1.807, 2.05) is 0 Å². The number of carbonyl (C=O) groups is 1. The number of hydrogen-bond acceptors (Lipinski definition) is 4. The van der Waals surface area contributed by atoms with Crippen molar-refractivity contribution in [3.63, 3.8) is 0 Å². The minimum Gasteiger partial charge on any atom is -0.353 e. The predicted molar refractivity (Wildman–Crippen MR) is 101 cm³/mol. The van der Waals surface area contributed by atoms with Gasteiger partial charge in [-0.3, -0.25) is 10.1 Å². The van der Waals surface area contributed by atoms with Crippen molar-refractivity contribution in [3.05, 3.63) is 71.3 Å². The Bertz CT molecular complexity index is 882. The molecule has 1 heterocycles. The van der Waals surface area contributed by atoms with Gasteiger partial charge in [-0.15, -0.1) is 0 Å². The molecule has 1 saturated carbocycles. The molecule has 0 bridgehead atoms. The van der Waals surface area contributed by atoms with Gasteiger partial charge in [0.25, 0.3) is 5.91 Å². The van der Waals surface area contributed by atoms with Crippen molar-refractivity contribution < 1.29 is 13.6 Å². The average Bonchev–Trinajstić information content (AvgIpc) is 3.37. The SMILES string of the molecule is O=C(NC(=NC1CC(c2ccc(F)cc2)NN1)NC1CC1)c1cccc(F)c1. The molecule has 2 aromatic carbocycles. The van der Waals surface area contributed by atoms with Crippen molar-refractivity contribution in [2.75, 3.05) is 0 Å². The molecule has 4 N–H and O–H groups in total. The molecule has 0 aromatic heterocycles. The zero-order valence-corrected chi connectivity index (χ0v) is 15.1. The van der Waals surface area contributed by atoms with Crippen LogP contribution >= 0.6 is 0 Å². The van der Waals surface area contributed by atoms with Gasteiger partial charge in [-0.2, -0.15) is 0 Å². The third-order valence-electron chi connectivity index (χ3n) is 4.68. The number of nitrogens with one attached hydrogen (secondary N) is 4. The number of hydrogen-bond donors (Lipinski definition) is 4. The van der Waals surface area contributed by atoms with Gasteiger partial charge in [0.1, 0.15) is 17.8 Å². The summed E-state index contributed by atoms with van der Waals surface area (Å²) in [5.41, 5.74) is 7.40. The maximum Gasteiger partial charge on any atom is 0.258 e. The van der Waals surface area contributed by atoms with Crippen molar-refractivity contribution in [2.45, 2.75) is 37.5 Å². The number of nitrogens with zero attached hydrogens (tertiary/aromatic N) is 1. The third kappa shape index (κ3) is 4.71. The van der Waals surface area contributed by atoms with Crippen molar-refractivity contribution in [2.24, 2.45) is 4.99 Å². The lowest BCUT2D eigenvalue weighted by Crippen LogP contribution is -2.44. The minimum atomic E-state index is -0.468. The summed E-state index contributed by atoms with van der Waals surface area (Å²) in [6, 6.07) is 12.1. The van der Waals surface area contributed by atoms with E-state index in [1.54, 1.807) is 18.2 Å². The Hall–Kier alpha value is -2.84. The summed E-state index contributed by atoms with van der Waals surface area (Å²) in [5.74, 6) is -0.811. The fourth-order valence-corrected chi connectivity index (χ4v) is 3.03. The second-order valence-electron chi connectivity index (χ2n) is 7.01. The fourth-order valence-electron chi connectivity index (χ4n) is 3.03. The van der Waals surface area contributed by atoms with Gasteiger partial charge in [0.2, 0.25) is 0 Å². The first kappa shape index (κ1) is 18.5. The van der Waals surface area contributed by atoms with Gasteiger partial charge in [0.15, 0.2) is 5.96 Å². The molecule has 2 fully saturated rings. The Morgan fingerprint density at radius 3 is 2.54 bits per heavy atom. The van der Waals surface area contributed by atoms with Crippen LogP contribution in [0.3, 0.4) is 0 Å². The topological polar surface area (TPSA) is 77.5 Å². The molecule has 0 radical (unpaired) electrons. The first-order valence-corrected chi connectivity index (χ1v) is 9.24. The predicted octanol–water partition coefficient (Wildman–Crippen LogP) is 2.37. The van der Waals surface area contributed by atoms with Gasteiger partial charge in [-0.05, 0) is 48.7 Å². The molecule has 6 nitrogen and oxygen atoms in total. The van der Waals surface area contributed by atoms with Crippen LogP contribution in [0.4, 0.5) is 8.78 Å². The highest BCUT2D eigenvalue weighted by molar-refractivity contribution is 6.05. The number of guanidine groups is 1. The maximum absolute atomic E-state index is 13.4. The molecule has 4 rings (SSSR count). The van der Waals surface area contributed by atoms with Gasteiger partial charge < -0.3 is 5.32 Å². The normalized spacial score (nSPS) is 22.1. The lowest BCUT2D eigenvalue weighted by atomic mass is 10.0. The van der Waals surface area contributed by atoms with Gasteiger partial charge in [0.05, 0.1) is 0 Å². The Morgan fingerprint density at radius 1 is 1.04 bits per heavy atom. The van der Waals surface area contributed by atoms with Gasteiger partial charge >= 0.3 is 0 Å². The lowest BCUT2D eigenvalue weighted by Gasteiger charge is -2.13. The summed E-state index contributed by atoms with van der Waals surface area (Å²) < 4.78 is 26.5. The molecule has 146 valence electrons. The molecule has 1 aliphatic carbocycles. The van der Waals surface area contributed by atoms with E-state index in [2.05, 4.69) is 26.5 Å². The molecule has 2 unspecified atom stereocenters. The van der Waals surface area contributed by atoms with E-state index in [4.69, 9.17) is 0 Å².